The monoisotopic (exact) mass is 528 g/mol. The molecular formula is C30H28N2O5S. The predicted octanol–water partition coefficient (Wildman–Crippen LogP) is 5.97. The van der Waals surface area contributed by atoms with E-state index in [4.69, 9.17) is 0 Å². The number of carboxylic acid groups (broad SMARTS) is 1. The van der Waals surface area contributed by atoms with Crippen LogP contribution in [0.1, 0.15) is 40.9 Å². The molecule has 3 unspecified atom stereocenters. The predicted molar refractivity (Wildman–Crippen MR) is 148 cm³/mol. The number of carbonyl (C=O) groups excluding carboxylic acids is 3. The van der Waals surface area contributed by atoms with Crippen LogP contribution in [0, 0.1) is 11.8 Å². The van der Waals surface area contributed by atoms with Crippen LogP contribution in [0.25, 0.3) is 0 Å². The van der Waals surface area contributed by atoms with Crippen molar-refractivity contribution < 1.29 is 24.3 Å². The Hall–Kier alpha value is -4.17. The van der Waals surface area contributed by atoms with Crippen molar-refractivity contribution in [1.82, 2.24) is 0 Å². The van der Waals surface area contributed by atoms with Gasteiger partial charge in [0.2, 0.25) is 11.8 Å². The van der Waals surface area contributed by atoms with Crippen LogP contribution < -0.4 is 10.6 Å². The summed E-state index contributed by atoms with van der Waals surface area (Å²) in [5.41, 5.74) is 2.56. The van der Waals surface area contributed by atoms with Crippen molar-refractivity contribution in [3.8, 4) is 0 Å². The lowest BCUT2D eigenvalue weighted by Gasteiger charge is -2.24. The topological polar surface area (TPSA) is 113 Å². The van der Waals surface area contributed by atoms with Crippen LogP contribution in [-0.4, -0.2) is 28.7 Å². The van der Waals surface area contributed by atoms with E-state index in [1.165, 1.54) is 18.7 Å². The van der Waals surface area contributed by atoms with Crippen molar-refractivity contribution in [3.05, 3.63) is 102 Å². The first-order chi connectivity index (χ1) is 18.3. The first-order valence-electron chi connectivity index (χ1n) is 12.2. The van der Waals surface area contributed by atoms with Gasteiger partial charge in [-0.2, -0.15) is 0 Å². The Morgan fingerprint density at radius 2 is 1.37 bits per heavy atom. The molecule has 3 atom stereocenters. The first-order valence-corrected chi connectivity index (χ1v) is 13.1. The third kappa shape index (κ3) is 6.77. The number of anilines is 2. The average Bonchev–Trinajstić information content (AvgIpc) is 2.93. The fourth-order valence-electron chi connectivity index (χ4n) is 4.26. The molecule has 0 saturated heterocycles. The molecule has 0 heterocycles. The Labute approximate surface area is 225 Å². The van der Waals surface area contributed by atoms with Gasteiger partial charge in [-0.25, -0.2) is 0 Å². The van der Waals surface area contributed by atoms with E-state index >= 15 is 0 Å². The lowest BCUT2D eigenvalue weighted by Crippen LogP contribution is -2.34. The summed E-state index contributed by atoms with van der Waals surface area (Å²) in [7, 11) is 0. The van der Waals surface area contributed by atoms with Crippen molar-refractivity contribution in [3.63, 3.8) is 0 Å². The van der Waals surface area contributed by atoms with Gasteiger partial charge in [0.05, 0.1) is 11.8 Å². The van der Waals surface area contributed by atoms with Crippen molar-refractivity contribution in [1.29, 1.82) is 0 Å². The molecule has 8 heteroatoms. The fourth-order valence-corrected chi connectivity index (χ4v) is 5.29. The van der Waals surface area contributed by atoms with Crippen LogP contribution in [0.2, 0.25) is 0 Å². The van der Waals surface area contributed by atoms with Gasteiger partial charge in [0.15, 0.2) is 5.78 Å². The molecule has 0 spiro atoms. The summed E-state index contributed by atoms with van der Waals surface area (Å²) < 4.78 is 0. The number of nitrogens with one attached hydrogen (secondary N) is 2. The second-order valence-electron chi connectivity index (χ2n) is 9.04. The number of thioether (sulfide) groups is 1. The molecule has 1 aliphatic carbocycles. The maximum atomic E-state index is 13.3. The van der Waals surface area contributed by atoms with Crippen molar-refractivity contribution in [2.45, 2.75) is 29.9 Å². The van der Waals surface area contributed by atoms with Gasteiger partial charge >= 0.3 is 5.97 Å². The molecule has 0 aromatic heterocycles. The van der Waals surface area contributed by atoms with Gasteiger partial charge in [-0.1, -0.05) is 42.5 Å². The molecule has 0 bridgehead atoms. The van der Waals surface area contributed by atoms with Crippen LogP contribution in [0.15, 0.2) is 95.9 Å². The lowest BCUT2D eigenvalue weighted by atomic mass is 9.82. The molecule has 7 nitrogen and oxygen atoms in total. The zero-order valence-corrected chi connectivity index (χ0v) is 21.6. The van der Waals surface area contributed by atoms with Crippen molar-refractivity contribution in [2.24, 2.45) is 11.8 Å². The van der Waals surface area contributed by atoms with Gasteiger partial charge in [-0.15, -0.1) is 11.8 Å². The number of benzene rings is 3. The minimum Gasteiger partial charge on any atom is -0.481 e. The number of Topliss-reactive ketones (excluding diaryl/α,β-unsaturated/α-hetero) is 1. The summed E-state index contributed by atoms with van der Waals surface area (Å²) in [4.78, 5) is 50.0. The van der Waals surface area contributed by atoms with Crippen molar-refractivity contribution >= 4 is 46.7 Å². The number of rotatable bonds is 9. The van der Waals surface area contributed by atoms with E-state index in [9.17, 15) is 24.3 Å². The number of carboxylic acids is 1. The van der Waals surface area contributed by atoms with Crippen LogP contribution in [0.3, 0.4) is 0 Å². The molecule has 0 fully saturated rings. The summed E-state index contributed by atoms with van der Waals surface area (Å²) in [6.45, 7) is 1.49. The number of ketones is 1. The molecule has 3 N–H and O–H groups in total. The van der Waals surface area contributed by atoms with E-state index in [1.807, 2.05) is 48.5 Å². The number of hydrogen-bond acceptors (Lipinski definition) is 5. The molecule has 38 heavy (non-hydrogen) atoms. The Kier molecular flexibility index (Phi) is 8.76. The Morgan fingerprint density at radius 3 is 1.97 bits per heavy atom. The minimum absolute atomic E-state index is 0.0440. The third-order valence-electron chi connectivity index (χ3n) is 6.36. The third-order valence-corrected chi connectivity index (χ3v) is 7.63. The van der Waals surface area contributed by atoms with E-state index in [1.54, 1.807) is 42.5 Å². The lowest BCUT2D eigenvalue weighted by molar-refractivity contribution is -0.146. The zero-order valence-electron chi connectivity index (χ0n) is 20.8. The van der Waals surface area contributed by atoms with Crippen molar-refractivity contribution in [2.75, 3.05) is 10.6 Å². The van der Waals surface area contributed by atoms with Gasteiger partial charge in [-0.3, -0.25) is 19.2 Å². The van der Waals surface area contributed by atoms with Gasteiger partial charge in [-0.05, 0) is 73.9 Å². The number of amides is 2. The van der Waals surface area contributed by atoms with Gasteiger partial charge < -0.3 is 15.7 Å². The highest BCUT2D eigenvalue weighted by Crippen LogP contribution is 2.37. The Bertz CT molecular complexity index is 1340. The second-order valence-corrected chi connectivity index (χ2v) is 10.2. The molecule has 1 aliphatic rings. The highest BCUT2D eigenvalue weighted by atomic mass is 32.2. The molecule has 3 aromatic rings. The summed E-state index contributed by atoms with van der Waals surface area (Å²) in [6.07, 6.45) is 4.37. The molecule has 3 aromatic carbocycles. The second kappa shape index (κ2) is 12.4. The average molecular weight is 529 g/mol. The first kappa shape index (κ1) is 26.9. The SMILES string of the molecule is CC(=O)c1ccc(NC(=O)C(Sc2ccc(NC(=O)C3CC=CCC3C(=O)O)cc2)c2ccccc2)cc1. The Morgan fingerprint density at radius 1 is 0.789 bits per heavy atom. The molecule has 4 rings (SSSR count). The highest BCUT2D eigenvalue weighted by Gasteiger charge is 2.34. The molecule has 0 saturated carbocycles. The zero-order chi connectivity index (χ0) is 27.1. The Balaban J connectivity index is 1.46. The standard InChI is InChI=1S/C30H28N2O5S/c1-19(33)20-11-13-22(14-12-20)32-29(35)27(21-7-3-2-4-8-21)38-24-17-15-23(16-18-24)31-28(34)25-9-5-6-10-26(25)30(36)37/h2-8,11-18,25-27H,9-10H2,1H3,(H,31,34)(H,32,35)(H,36,37). The van der Waals surface area contributed by atoms with Crippen LogP contribution in [0.4, 0.5) is 11.4 Å². The maximum absolute atomic E-state index is 13.3. The molecule has 0 aliphatic heterocycles. The quantitative estimate of drug-likeness (QED) is 0.179. The van der Waals surface area contributed by atoms with Crippen LogP contribution >= 0.6 is 11.8 Å². The van der Waals surface area contributed by atoms with E-state index < -0.39 is 23.1 Å². The molecule has 2 amide bonds. The van der Waals surface area contributed by atoms with Crippen LogP contribution in [-0.2, 0) is 14.4 Å². The highest BCUT2D eigenvalue weighted by molar-refractivity contribution is 8.00. The van der Waals surface area contributed by atoms with E-state index in [-0.39, 0.29) is 17.6 Å². The maximum Gasteiger partial charge on any atom is 0.307 e. The summed E-state index contributed by atoms with van der Waals surface area (Å²) in [5.74, 6) is -2.90. The number of hydrogen-bond donors (Lipinski definition) is 3. The molecule has 194 valence electrons. The molecular weight excluding hydrogens is 500 g/mol. The molecule has 0 radical (unpaired) electrons. The smallest absolute Gasteiger partial charge is 0.307 e. The minimum atomic E-state index is -0.971. The number of aliphatic carboxylic acids is 1. The number of carbonyl (C=O) groups is 4. The summed E-state index contributed by atoms with van der Waals surface area (Å²) >= 11 is 1.37. The van der Waals surface area contributed by atoms with Gasteiger partial charge in [0.1, 0.15) is 5.25 Å². The van der Waals surface area contributed by atoms with Gasteiger partial charge in [0, 0.05) is 21.8 Å². The summed E-state index contributed by atoms with van der Waals surface area (Å²) in [5, 5.41) is 14.7. The van der Waals surface area contributed by atoms with E-state index in [2.05, 4.69) is 10.6 Å². The van der Waals surface area contributed by atoms with Gasteiger partial charge in [0.25, 0.3) is 0 Å². The fraction of sp³-hybridized carbons (Fsp3) is 0.200. The van der Waals surface area contributed by atoms with E-state index in [0.29, 0.717) is 29.8 Å². The normalized spacial score (nSPS) is 17.3. The summed E-state index contributed by atoms with van der Waals surface area (Å²) in [6, 6.07) is 23.3. The van der Waals surface area contributed by atoms with E-state index in [0.717, 1.165) is 10.5 Å². The van der Waals surface area contributed by atoms with Crippen LogP contribution in [0.5, 0.6) is 0 Å². The largest absolute Gasteiger partial charge is 0.481 e. The number of allylic oxidation sites excluding steroid dienone is 2.